The molecule has 1 heterocycles. The van der Waals surface area contributed by atoms with Crippen LogP contribution < -0.4 is 0 Å². The number of nitrogens with zero attached hydrogens (tertiary/aromatic N) is 1. The van der Waals surface area contributed by atoms with Crippen LogP contribution >= 0.6 is 0 Å². The smallest absolute Gasteiger partial charge is 0.333 e. The Morgan fingerprint density at radius 3 is 2.50 bits per heavy atom. The lowest BCUT2D eigenvalue weighted by Gasteiger charge is -2.18. The van der Waals surface area contributed by atoms with E-state index in [0.29, 0.717) is 30.4 Å². The van der Waals surface area contributed by atoms with Crippen molar-refractivity contribution in [2.75, 3.05) is 0 Å². The monoisotopic (exact) mass is 253 g/mol. The first-order valence-corrected chi connectivity index (χ1v) is 6.51. The van der Waals surface area contributed by atoms with E-state index in [2.05, 4.69) is 27.4 Å². The number of carbonyl (C=O) groups is 2. The highest BCUT2D eigenvalue weighted by atomic mass is 16.7. The van der Waals surface area contributed by atoms with Crippen LogP contribution in [-0.2, 0) is 14.4 Å². The molecule has 1 aliphatic rings. The van der Waals surface area contributed by atoms with E-state index in [9.17, 15) is 9.59 Å². The average Bonchev–Trinajstić information content (AvgIpc) is 2.55. The van der Waals surface area contributed by atoms with Crippen molar-refractivity contribution in [2.24, 2.45) is 5.41 Å². The third-order valence-electron chi connectivity index (χ3n) is 2.89. The molecule has 0 aliphatic carbocycles. The molecule has 1 rings (SSSR count). The lowest BCUT2D eigenvalue weighted by atomic mass is 9.89. The van der Waals surface area contributed by atoms with Gasteiger partial charge in [-0.3, -0.25) is 4.79 Å². The van der Waals surface area contributed by atoms with Crippen molar-refractivity contribution in [2.45, 2.75) is 59.3 Å². The Bertz CT molecular complexity index is 325. The van der Waals surface area contributed by atoms with Crippen LogP contribution in [-0.4, -0.2) is 16.9 Å². The minimum absolute atomic E-state index is 0.178. The van der Waals surface area contributed by atoms with Gasteiger partial charge in [-0.1, -0.05) is 33.8 Å². The lowest BCUT2D eigenvalue weighted by molar-refractivity contribution is -0.186. The van der Waals surface area contributed by atoms with Gasteiger partial charge < -0.3 is 4.84 Å². The van der Waals surface area contributed by atoms with Gasteiger partial charge in [-0.15, -0.1) is 5.06 Å². The van der Waals surface area contributed by atoms with Crippen LogP contribution in [0, 0.1) is 5.41 Å². The fourth-order valence-corrected chi connectivity index (χ4v) is 1.82. The number of carbonyl (C=O) groups excluding carboxylic acids is 2. The number of hydrogen-bond acceptors (Lipinski definition) is 3. The molecule has 4 nitrogen and oxygen atoms in total. The highest BCUT2D eigenvalue weighted by Crippen LogP contribution is 2.23. The van der Waals surface area contributed by atoms with Gasteiger partial charge in [0.2, 0.25) is 0 Å². The number of unbranched alkanes of at least 4 members (excludes halogenated alkanes) is 1. The summed E-state index contributed by atoms with van der Waals surface area (Å²) in [6.07, 6.45) is 4.19. The van der Waals surface area contributed by atoms with Crippen LogP contribution in [0.15, 0.2) is 12.3 Å². The molecular weight excluding hydrogens is 230 g/mol. The molecule has 0 aromatic rings. The van der Waals surface area contributed by atoms with Crippen molar-refractivity contribution in [3.05, 3.63) is 12.3 Å². The highest BCUT2D eigenvalue weighted by molar-refractivity contribution is 5.82. The van der Waals surface area contributed by atoms with E-state index < -0.39 is 0 Å². The fraction of sp³-hybridized carbons (Fsp3) is 0.714. The quantitative estimate of drug-likeness (QED) is 0.707. The summed E-state index contributed by atoms with van der Waals surface area (Å²) in [6, 6.07) is 0. The molecule has 1 saturated heterocycles. The van der Waals surface area contributed by atoms with E-state index in [1.165, 1.54) is 0 Å². The van der Waals surface area contributed by atoms with Crippen LogP contribution in [0.25, 0.3) is 0 Å². The maximum Gasteiger partial charge on any atom is 0.333 e. The SMILES string of the molecule is C=C1CCC(=O)N1OC(=O)CCCCC(C)(C)C. The molecule has 4 heteroatoms. The fourth-order valence-electron chi connectivity index (χ4n) is 1.82. The predicted octanol–water partition coefficient (Wildman–Crippen LogP) is 3.19. The molecule has 1 fully saturated rings. The first-order valence-electron chi connectivity index (χ1n) is 6.51. The summed E-state index contributed by atoms with van der Waals surface area (Å²) in [7, 11) is 0. The first kappa shape index (κ1) is 14.7. The zero-order valence-corrected chi connectivity index (χ0v) is 11.6. The molecule has 0 aromatic heterocycles. The van der Waals surface area contributed by atoms with Gasteiger partial charge in [0.25, 0.3) is 5.91 Å². The molecule has 0 atom stereocenters. The average molecular weight is 253 g/mol. The highest BCUT2D eigenvalue weighted by Gasteiger charge is 2.27. The van der Waals surface area contributed by atoms with Crippen LogP contribution in [0.5, 0.6) is 0 Å². The van der Waals surface area contributed by atoms with Crippen molar-refractivity contribution in [1.29, 1.82) is 0 Å². The van der Waals surface area contributed by atoms with Crippen LogP contribution in [0.1, 0.15) is 59.3 Å². The normalized spacial score (nSPS) is 16.3. The molecule has 0 spiro atoms. The van der Waals surface area contributed by atoms with E-state index in [1.807, 2.05) is 0 Å². The van der Waals surface area contributed by atoms with Crippen molar-refractivity contribution < 1.29 is 14.4 Å². The topological polar surface area (TPSA) is 46.6 Å². The van der Waals surface area contributed by atoms with Gasteiger partial charge in [0.1, 0.15) is 0 Å². The molecule has 0 N–H and O–H groups in total. The molecule has 0 saturated carbocycles. The standard InChI is InChI=1S/C14H23NO3/c1-11-8-9-12(16)15(11)18-13(17)7-5-6-10-14(2,3)4/h1,5-10H2,2-4H3. The Hall–Kier alpha value is -1.32. The number of hydroxylamine groups is 2. The minimum atomic E-state index is -0.347. The molecule has 0 aromatic carbocycles. The number of allylic oxidation sites excluding steroid dienone is 1. The second-order valence-corrected chi connectivity index (χ2v) is 5.99. The van der Waals surface area contributed by atoms with Gasteiger partial charge in [0.15, 0.2) is 0 Å². The van der Waals surface area contributed by atoms with Gasteiger partial charge >= 0.3 is 5.97 Å². The Morgan fingerprint density at radius 1 is 1.33 bits per heavy atom. The molecule has 18 heavy (non-hydrogen) atoms. The van der Waals surface area contributed by atoms with Crippen molar-refractivity contribution >= 4 is 11.9 Å². The summed E-state index contributed by atoms with van der Waals surface area (Å²) < 4.78 is 0. The third kappa shape index (κ3) is 4.90. The molecule has 1 aliphatic heterocycles. The van der Waals surface area contributed by atoms with E-state index >= 15 is 0 Å². The largest absolute Gasteiger partial charge is 0.334 e. The van der Waals surface area contributed by atoms with Crippen molar-refractivity contribution in [1.82, 2.24) is 5.06 Å². The summed E-state index contributed by atoms with van der Waals surface area (Å²) in [5, 5.41) is 1.05. The summed E-state index contributed by atoms with van der Waals surface area (Å²) >= 11 is 0. The van der Waals surface area contributed by atoms with Gasteiger partial charge in [0.05, 0.1) is 5.70 Å². The summed E-state index contributed by atoms with van der Waals surface area (Å²) in [6.45, 7) is 10.2. The Balaban J connectivity index is 2.22. The van der Waals surface area contributed by atoms with Crippen LogP contribution in [0.2, 0.25) is 0 Å². The first-order chi connectivity index (χ1) is 8.29. The molecular formula is C14H23NO3. The molecule has 0 bridgehead atoms. The van der Waals surface area contributed by atoms with Crippen molar-refractivity contribution in [3.63, 3.8) is 0 Å². The van der Waals surface area contributed by atoms with Gasteiger partial charge in [-0.05, 0) is 24.7 Å². The molecule has 102 valence electrons. The molecule has 1 amide bonds. The summed E-state index contributed by atoms with van der Waals surface area (Å²) in [4.78, 5) is 27.9. The van der Waals surface area contributed by atoms with Crippen LogP contribution in [0.4, 0.5) is 0 Å². The molecule has 0 unspecified atom stereocenters. The van der Waals surface area contributed by atoms with E-state index in [0.717, 1.165) is 24.3 Å². The second-order valence-electron chi connectivity index (χ2n) is 5.99. The Morgan fingerprint density at radius 2 is 2.00 bits per heavy atom. The van der Waals surface area contributed by atoms with E-state index in [4.69, 9.17) is 4.84 Å². The lowest BCUT2D eigenvalue weighted by Crippen LogP contribution is -2.26. The van der Waals surface area contributed by atoms with E-state index in [1.54, 1.807) is 0 Å². The zero-order chi connectivity index (χ0) is 13.8. The maximum absolute atomic E-state index is 11.6. The minimum Gasteiger partial charge on any atom is -0.334 e. The van der Waals surface area contributed by atoms with Gasteiger partial charge in [-0.25, -0.2) is 4.79 Å². The Kier molecular flexibility index (Phi) is 4.93. The maximum atomic E-state index is 11.6. The predicted molar refractivity (Wildman–Crippen MR) is 69.2 cm³/mol. The molecule has 0 radical (unpaired) electrons. The summed E-state index contributed by atoms with van der Waals surface area (Å²) in [5.41, 5.74) is 0.867. The third-order valence-corrected chi connectivity index (χ3v) is 2.89. The Labute approximate surface area is 109 Å². The van der Waals surface area contributed by atoms with Gasteiger partial charge in [-0.2, -0.15) is 0 Å². The zero-order valence-electron chi connectivity index (χ0n) is 11.6. The summed E-state index contributed by atoms with van der Waals surface area (Å²) in [5.74, 6) is -0.525. The number of rotatable bonds is 5. The second kappa shape index (κ2) is 6.03. The number of hydrogen-bond donors (Lipinski definition) is 0. The van der Waals surface area contributed by atoms with Gasteiger partial charge in [0, 0.05) is 12.8 Å². The number of amides is 1. The van der Waals surface area contributed by atoms with Crippen molar-refractivity contribution in [3.8, 4) is 0 Å². The van der Waals surface area contributed by atoms with Crippen LogP contribution in [0.3, 0.4) is 0 Å². The van der Waals surface area contributed by atoms with E-state index in [-0.39, 0.29) is 11.9 Å².